The molecule has 0 aliphatic heterocycles. The number of ether oxygens (including phenoxy) is 1. The lowest BCUT2D eigenvalue weighted by atomic mass is 10.1. The zero-order chi connectivity index (χ0) is 11.1. The quantitative estimate of drug-likeness (QED) is 0.254. The fraction of sp³-hybridized carbons (Fsp3) is 0.364. The number of rotatable bonds is 5. The molecule has 4 nitrogen and oxygen atoms in total. The summed E-state index contributed by atoms with van der Waals surface area (Å²) in [7, 11) is 0. The van der Waals surface area contributed by atoms with Gasteiger partial charge in [-0.2, -0.15) is 0 Å². The van der Waals surface area contributed by atoms with E-state index in [4.69, 9.17) is 15.7 Å². The van der Waals surface area contributed by atoms with Crippen LogP contribution >= 0.6 is 0 Å². The Hall–Kier alpha value is -1.55. The van der Waals surface area contributed by atoms with Crippen molar-refractivity contribution in [1.82, 2.24) is 0 Å². The van der Waals surface area contributed by atoms with E-state index in [-0.39, 0.29) is 5.84 Å². The largest absolute Gasteiger partial charge is 0.409 e. The molecule has 0 aliphatic carbocycles. The number of nitrogens with two attached hydrogens (primary N) is 1. The fourth-order valence-corrected chi connectivity index (χ4v) is 1.28. The Morgan fingerprint density at radius 3 is 2.87 bits per heavy atom. The second-order valence-electron chi connectivity index (χ2n) is 3.19. The van der Waals surface area contributed by atoms with E-state index in [1.807, 2.05) is 18.2 Å². The van der Waals surface area contributed by atoms with E-state index in [1.54, 1.807) is 6.07 Å². The minimum atomic E-state index is 0.116. The van der Waals surface area contributed by atoms with Crippen molar-refractivity contribution < 1.29 is 9.94 Å². The van der Waals surface area contributed by atoms with Gasteiger partial charge in [0, 0.05) is 12.2 Å². The van der Waals surface area contributed by atoms with Crippen molar-refractivity contribution in [1.29, 1.82) is 0 Å². The van der Waals surface area contributed by atoms with Crippen LogP contribution in [0.15, 0.2) is 29.4 Å². The molecule has 1 aromatic carbocycles. The summed E-state index contributed by atoms with van der Waals surface area (Å²) >= 11 is 0. The van der Waals surface area contributed by atoms with Crippen LogP contribution in [0.1, 0.15) is 24.5 Å². The van der Waals surface area contributed by atoms with Gasteiger partial charge in [-0.05, 0) is 12.0 Å². The van der Waals surface area contributed by atoms with E-state index in [0.717, 1.165) is 17.5 Å². The Morgan fingerprint density at radius 2 is 2.20 bits per heavy atom. The van der Waals surface area contributed by atoms with Gasteiger partial charge in [0.05, 0.1) is 6.61 Å². The van der Waals surface area contributed by atoms with Gasteiger partial charge in [-0.25, -0.2) is 0 Å². The van der Waals surface area contributed by atoms with Gasteiger partial charge >= 0.3 is 0 Å². The molecule has 0 spiro atoms. The van der Waals surface area contributed by atoms with Crippen molar-refractivity contribution >= 4 is 5.84 Å². The maximum absolute atomic E-state index is 8.61. The smallest absolute Gasteiger partial charge is 0.170 e. The Kier molecular flexibility index (Phi) is 4.63. The Labute approximate surface area is 89.4 Å². The number of benzene rings is 1. The van der Waals surface area contributed by atoms with Crippen LogP contribution in [0, 0.1) is 0 Å². The van der Waals surface area contributed by atoms with Gasteiger partial charge in [0.2, 0.25) is 0 Å². The van der Waals surface area contributed by atoms with Crippen LogP contribution in [-0.2, 0) is 11.3 Å². The minimum Gasteiger partial charge on any atom is -0.409 e. The molecule has 15 heavy (non-hydrogen) atoms. The van der Waals surface area contributed by atoms with Crippen LogP contribution in [0.2, 0.25) is 0 Å². The lowest BCUT2D eigenvalue weighted by Gasteiger charge is -2.08. The molecule has 3 N–H and O–H groups in total. The molecule has 4 heteroatoms. The molecule has 0 saturated carbocycles. The van der Waals surface area contributed by atoms with Gasteiger partial charge in [-0.15, -0.1) is 0 Å². The van der Waals surface area contributed by atoms with Crippen molar-refractivity contribution in [2.75, 3.05) is 6.61 Å². The molecule has 82 valence electrons. The Bertz CT molecular complexity index is 337. The number of amidine groups is 1. The van der Waals surface area contributed by atoms with E-state index in [9.17, 15) is 0 Å². The molecule has 0 unspecified atom stereocenters. The summed E-state index contributed by atoms with van der Waals surface area (Å²) < 4.78 is 5.41. The lowest BCUT2D eigenvalue weighted by Crippen LogP contribution is -2.15. The summed E-state index contributed by atoms with van der Waals surface area (Å²) in [5, 5.41) is 11.6. The number of oxime groups is 1. The molecular formula is C11H16N2O2. The molecule has 0 amide bonds. The predicted molar refractivity (Wildman–Crippen MR) is 58.9 cm³/mol. The predicted octanol–water partition coefficient (Wildman–Crippen LogP) is 1.71. The van der Waals surface area contributed by atoms with E-state index in [0.29, 0.717) is 13.2 Å². The summed E-state index contributed by atoms with van der Waals surface area (Å²) in [6.45, 7) is 3.25. The number of hydrogen-bond donors (Lipinski definition) is 2. The summed E-state index contributed by atoms with van der Waals surface area (Å²) in [4.78, 5) is 0. The average Bonchev–Trinajstić information content (AvgIpc) is 2.29. The average molecular weight is 208 g/mol. The van der Waals surface area contributed by atoms with Gasteiger partial charge in [0.1, 0.15) is 0 Å². The SMILES string of the molecule is CCCOCc1ccccc1/C(N)=N/O. The molecule has 0 aliphatic rings. The van der Waals surface area contributed by atoms with Gasteiger partial charge in [0.15, 0.2) is 5.84 Å². The zero-order valence-electron chi connectivity index (χ0n) is 8.81. The molecule has 0 atom stereocenters. The van der Waals surface area contributed by atoms with Crippen molar-refractivity contribution in [3.63, 3.8) is 0 Å². The molecule has 1 aromatic rings. The molecule has 0 saturated heterocycles. The highest BCUT2D eigenvalue weighted by Crippen LogP contribution is 2.09. The molecule has 0 aromatic heterocycles. The van der Waals surface area contributed by atoms with E-state index >= 15 is 0 Å². The van der Waals surface area contributed by atoms with Crippen molar-refractivity contribution in [3.8, 4) is 0 Å². The second kappa shape index (κ2) is 6.03. The summed E-state index contributed by atoms with van der Waals surface area (Å²) in [5.74, 6) is 0.116. The summed E-state index contributed by atoms with van der Waals surface area (Å²) in [6, 6.07) is 7.46. The summed E-state index contributed by atoms with van der Waals surface area (Å²) in [6.07, 6.45) is 0.978. The highest BCUT2D eigenvalue weighted by Gasteiger charge is 2.05. The molecule has 1 rings (SSSR count). The Balaban J connectivity index is 2.77. The topological polar surface area (TPSA) is 67.8 Å². The molecule has 0 radical (unpaired) electrons. The van der Waals surface area contributed by atoms with Gasteiger partial charge in [-0.1, -0.05) is 36.3 Å². The second-order valence-corrected chi connectivity index (χ2v) is 3.19. The van der Waals surface area contributed by atoms with E-state index in [1.165, 1.54) is 0 Å². The maximum Gasteiger partial charge on any atom is 0.170 e. The third-order valence-corrected chi connectivity index (χ3v) is 2.01. The monoisotopic (exact) mass is 208 g/mol. The third kappa shape index (κ3) is 3.25. The Morgan fingerprint density at radius 1 is 1.47 bits per heavy atom. The maximum atomic E-state index is 8.61. The first-order chi connectivity index (χ1) is 7.29. The lowest BCUT2D eigenvalue weighted by molar-refractivity contribution is 0.121. The van der Waals surface area contributed by atoms with Gasteiger partial charge in [0.25, 0.3) is 0 Å². The van der Waals surface area contributed by atoms with Crippen molar-refractivity contribution in [2.24, 2.45) is 10.9 Å². The normalized spacial score (nSPS) is 11.7. The van der Waals surface area contributed by atoms with E-state index < -0.39 is 0 Å². The van der Waals surface area contributed by atoms with Crippen LogP contribution in [-0.4, -0.2) is 17.6 Å². The number of nitrogens with zero attached hydrogens (tertiary/aromatic N) is 1. The first-order valence-corrected chi connectivity index (χ1v) is 4.93. The van der Waals surface area contributed by atoms with Crippen LogP contribution in [0.25, 0.3) is 0 Å². The highest BCUT2D eigenvalue weighted by molar-refractivity contribution is 5.98. The van der Waals surface area contributed by atoms with Crippen LogP contribution in [0.5, 0.6) is 0 Å². The third-order valence-electron chi connectivity index (χ3n) is 2.01. The fourth-order valence-electron chi connectivity index (χ4n) is 1.28. The zero-order valence-corrected chi connectivity index (χ0v) is 8.81. The van der Waals surface area contributed by atoms with Gasteiger partial charge < -0.3 is 15.7 Å². The highest BCUT2D eigenvalue weighted by atomic mass is 16.5. The summed E-state index contributed by atoms with van der Waals surface area (Å²) in [5.41, 5.74) is 7.19. The van der Waals surface area contributed by atoms with Crippen LogP contribution in [0.3, 0.4) is 0 Å². The standard InChI is InChI=1S/C11H16N2O2/c1-2-7-15-8-9-5-3-4-6-10(9)11(12)13-14/h3-6,14H,2,7-8H2,1H3,(H2,12,13). The minimum absolute atomic E-state index is 0.116. The van der Waals surface area contributed by atoms with Crippen LogP contribution in [0.4, 0.5) is 0 Å². The first-order valence-electron chi connectivity index (χ1n) is 4.93. The van der Waals surface area contributed by atoms with Crippen molar-refractivity contribution in [2.45, 2.75) is 20.0 Å². The molecular weight excluding hydrogens is 192 g/mol. The van der Waals surface area contributed by atoms with Crippen molar-refractivity contribution in [3.05, 3.63) is 35.4 Å². The molecule has 0 fully saturated rings. The number of hydrogen-bond acceptors (Lipinski definition) is 3. The van der Waals surface area contributed by atoms with E-state index in [2.05, 4.69) is 12.1 Å². The molecule has 0 heterocycles. The van der Waals surface area contributed by atoms with Gasteiger partial charge in [-0.3, -0.25) is 0 Å². The first kappa shape index (κ1) is 11.5. The van der Waals surface area contributed by atoms with Crippen LogP contribution < -0.4 is 5.73 Å². The molecule has 0 bridgehead atoms.